The van der Waals surface area contributed by atoms with E-state index in [4.69, 9.17) is 5.11 Å². The van der Waals surface area contributed by atoms with Crippen molar-refractivity contribution in [1.82, 2.24) is 4.90 Å². The molecular weight excluding hydrogens is 264 g/mol. The molecule has 1 unspecified atom stereocenters. The molecule has 1 N–H and O–H groups in total. The van der Waals surface area contributed by atoms with Crippen LogP contribution in [0.25, 0.3) is 0 Å². The molecule has 0 radical (unpaired) electrons. The van der Waals surface area contributed by atoms with Gasteiger partial charge in [-0.3, -0.25) is 19.7 Å². The normalized spacial score (nSPS) is 11.7. The van der Waals surface area contributed by atoms with Crippen LogP contribution in [0.1, 0.15) is 24.2 Å². The Bertz CT molecular complexity index is 512. The smallest absolute Gasteiger partial charge is 0.308 e. The Morgan fingerprint density at radius 3 is 2.30 bits per heavy atom. The number of nitrogens with zero attached hydrogens (tertiary/aromatic N) is 2. The third kappa shape index (κ3) is 3.78. The minimum Gasteiger partial charge on any atom is -0.481 e. The number of non-ortho nitro benzene ring substituents is 1. The number of carbonyl (C=O) groups is 2. The van der Waals surface area contributed by atoms with E-state index < -0.39 is 16.8 Å². The zero-order valence-electron chi connectivity index (χ0n) is 11.3. The summed E-state index contributed by atoms with van der Waals surface area (Å²) in [7, 11) is 0. The Morgan fingerprint density at radius 2 is 1.90 bits per heavy atom. The van der Waals surface area contributed by atoms with E-state index in [1.807, 2.05) is 0 Å². The zero-order valence-corrected chi connectivity index (χ0v) is 11.3. The number of carboxylic acids is 1. The van der Waals surface area contributed by atoms with Crippen LogP contribution in [0.5, 0.6) is 0 Å². The van der Waals surface area contributed by atoms with Gasteiger partial charge in [0, 0.05) is 30.8 Å². The standard InChI is InChI=1S/C13H16N2O5/c1-3-14(8-9(2)13(17)18)12(16)10-4-6-11(7-5-10)15(19)20/h4-7,9H,3,8H2,1-2H3,(H,17,18). The lowest BCUT2D eigenvalue weighted by molar-refractivity contribution is -0.384. The van der Waals surface area contributed by atoms with E-state index in [1.165, 1.54) is 36.1 Å². The molecule has 1 amide bonds. The fourth-order valence-electron chi connectivity index (χ4n) is 1.67. The Labute approximate surface area is 116 Å². The average molecular weight is 280 g/mol. The van der Waals surface area contributed by atoms with E-state index >= 15 is 0 Å². The Morgan fingerprint density at radius 1 is 1.35 bits per heavy atom. The molecule has 0 spiro atoms. The molecule has 0 saturated heterocycles. The van der Waals surface area contributed by atoms with E-state index in [0.29, 0.717) is 12.1 Å². The summed E-state index contributed by atoms with van der Waals surface area (Å²) >= 11 is 0. The van der Waals surface area contributed by atoms with Crippen LogP contribution >= 0.6 is 0 Å². The van der Waals surface area contributed by atoms with E-state index in [9.17, 15) is 19.7 Å². The highest BCUT2D eigenvalue weighted by molar-refractivity contribution is 5.94. The van der Waals surface area contributed by atoms with Gasteiger partial charge in [-0.25, -0.2) is 0 Å². The quantitative estimate of drug-likeness (QED) is 0.632. The fraction of sp³-hybridized carbons (Fsp3) is 0.385. The number of amides is 1. The second-order valence-electron chi connectivity index (χ2n) is 4.39. The molecule has 0 bridgehead atoms. The Kier molecular flexibility index (Phi) is 5.19. The predicted octanol–water partition coefficient (Wildman–Crippen LogP) is 1.78. The number of rotatable bonds is 6. The van der Waals surface area contributed by atoms with Gasteiger partial charge >= 0.3 is 5.97 Å². The first-order valence-electron chi connectivity index (χ1n) is 6.13. The number of carboxylic acid groups (broad SMARTS) is 1. The van der Waals surface area contributed by atoms with Crippen LogP contribution in [0.2, 0.25) is 0 Å². The lowest BCUT2D eigenvalue weighted by atomic mass is 10.1. The van der Waals surface area contributed by atoms with Crippen molar-refractivity contribution in [3.05, 3.63) is 39.9 Å². The molecule has 0 aromatic heterocycles. The van der Waals surface area contributed by atoms with Crippen molar-refractivity contribution in [2.75, 3.05) is 13.1 Å². The minimum absolute atomic E-state index is 0.0940. The molecule has 1 aromatic carbocycles. The van der Waals surface area contributed by atoms with Gasteiger partial charge in [0.25, 0.3) is 11.6 Å². The SMILES string of the molecule is CCN(CC(C)C(=O)O)C(=O)c1ccc([N+](=O)[O-])cc1. The topological polar surface area (TPSA) is 101 Å². The van der Waals surface area contributed by atoms with Crippen LogP contribution in [0.3, 0.4) is 0 Å². The van der Waals surface area contributed by atoms with Crippen molar-refractivity contribution in [3.63, 3.8) is 0 Å². The van der Waals surface area contributed by atoms with Gasteiger partial charge in [-0.1, -0.05) is 6.92 Å². The highest BCUT2D eigenvalue weighted by atomic mass is 16.6. The third-order valence-electron chi connectivity index (χ3n) is 2.91. The molecule has 0 heterocycles. The van der Waals surface area contributed by atoms with Gasteiger partial charge in [-0.2, -0.15) is 0 Å². The molecule has 108 valence electrons. The Balaban J connectivity index is 2.85. The monoisotopic (exact) mass is 280 g/mol. The lowest BCUT2D eigenvalue weighted by Gasteiger charge is -2.22. The average Bonchev–Trinajstić information content (AvgIpc) is 2.43. The summed E-state index contributed by atoms with van der Waals surface area (Å²) in [6, 6.07) is 5.24. The maximum atomic E-state index is 12.2. The maximum Gasteiger partial charge on any atom is 0.308 e. The fourth-order valence-corrected chi connectivity index (χ4v) is 1.67. The van der Waals surface area contributed by atoms with Crippen molar-refractivity contribution in [1.29, 1.82) is 0 Å². The predicted molar refractivity (Wildman–Crippen MR) is 71.5 cm³/mol. The summed E-state index contributed by atoms with van der Waals surface area (Å²) in [6.07, 6.45) is 0. The second kappa shape index (κ2) is 6.65. The van der Waals surface area contributed by atoms with Crippen molar-refractivity contribution in [2.24, 2.45) is 5.92 Å². The molecule has 7 nitrogen and oxygen atoms in total. The van der Waals surface area contributed by atoms with Crippen LogP contribution < -0.4 is 0 Å². The van der Waals surface area contributed by atoms with Crippen LogP contribution in [0.4, 0.5) is 5.69 Å². The van der Waals surface area contributed by atoms with Gasteiger partial charge in [0.15, 0.2) is 0 Å². The largest absolute Gasteiger partial charge is 0.481 e. The van der Waals surface area contributed by atoms with Gasteiger partial charge in [-0.15, -0.1) is 0 Å². The van der Waals surface area contributed by atoms with Gasteiger partial charge in [0.05, 0.1) is 10.8 Å². The summed E-state index contributed by atoms with van der Waals surface area (Å²) in [6.45, 7) is 3.74. The van der Waals surface area contributed by atoms with E-state index in [-0.39, 0.29) is 18.1 Å². The van der Waals surface area contributed by atoms with Gasteiger partial charge in [0.2, 0.25) is 0 Å². The zero-order chi connectivity index (χ0) is 15.3. The van der Waals surface area contributed by atoms with Crippen molar-refractivity contribution in [2.45, 2.75) is 13.8 Å². The third-order valence-corrected chi connectivity index (χ3v) is 2.91. The summed E-state index contributed by atoms with van der Waals surface area (Å²) < 4.78 is 0. The number of aliphatic carboxylic acids is 1. The number of nitro benzene ring substituents is 1. The van der Waals surface area contributed by atoms with Gasteiger partial charge in [0.1, 0.15) is 0 Å². The van der Waals surface area contributed by atoms with Crippen LogP contribution in [0, 0.1) is 16.0 Å². The molecule has 0 aliphatic rings. The lowest BCUT2D eigenvalue weighted by Crippen LogP contribution is -2.36. The molecule has 1 atom stereocenters. The Hall–Kier alpha value is -2.44. The van der Waals surface area contributed by atoms with E-state index in [2.05, 4.69) is 0 Å². The molecule has 0 fully saturated rings. The number of nitro groups is 1. The number of hydrogen-bond acceptors (Lipinski definition) is 4. The summed E-state index contributed by atoms with van der Waals surface area (Å²) in [5.74, 6) is -1.98. The molecule has 1 aromatic rings. The van der Waals surface area contributed by atoms with Crippen LogP contribution in [-0.4, -0.2) is 39.9 Å². The van der Waals surface area contributed by atoms with Crippen molar-refractivity contribution >= 4 is 17.6 Å². The van der Waals surface area contributed by atoms with Gasteiger partial charge < -0.3 is 10.0 Å². The molecular formula is C13H16N2O5. The number of hydrogen-bond donors (Lipinski definition) is 1. The molecule has 7 heteroatoms. The molecule has 20 heavy (non-hydrogen) atoms. The first-order valence-corrected chi connectivity index (χ1v) is 6.13. The minimum atomic E-state index is -0.972. The van der Waals surface area contributed by atoms with Gasteiger partial charge in [-0.05, 0) is 19.1 Å². The van der Waals surface area contributed by atoms with E-state index in [1.54, 1.807) is 6.92 Å². The van der Waals surface area contributed by atoms with Crippen molar-refractivity contribution in [3.8, 4) is 0 Å². The highest BCUT2D eigenvalue weighted by Crippen LogP contribution is 2.14. The first-order chi connectivity index (χ1) is 9.36. The number of carbonyl (C=O) groups excluding carboxylic acids is 1. The highest BCUT2D eigenvalue weighted by Gasteiger charge is 2.20. The molecule has 0 aliphatic carbocycles. The summed E-state index contributed by atoms with van der Waals surface area (Å²) in [5, 5.41) is 19.4. The second-order valence-corrected chi connectivity index (χ2v) is 4.39. The molecule has 0 saturated carbocycles. The van der Waals surface area contributed by atoms with E-state index in [0.717, 1.165) is 0 Å². The summed E-state index contributed by atoms with van der Waals surface area (Å²) in [5.41, 5.74) is 0.207. The first kappa shape index (κ1) is 15.6. The molecule has 1 rings (SSSR count). The number of benzene rings is 1. The van der Waals surface area contributed by atoms with Crippen molar-refractivity contribution < 1.29 is 19.6 Å². The summed E-state index contributed by atoms with van der Waals surface area (Å²) in [4.78, 5) is 34.4. The molecule has 0 aliphatic heterocycles. The maximum absolute atomic E-state index is 12.2. The van der Waals surface area contributed by atoms with Crippen LogP contribution in [-0.2, 0) is 4.79 Å². The van der Waals surface area contributed by atoms with Crippen LogP contribution in [0.15, 0.2) is 24.3 Å².